The number of amides is 1. The summed E-state index contributed by atoms with van der Waals surface area (Å²) in [6.07, 6.45) is 5.71. The fourth-order valence-corrected chi connectivity index (χ4v) is 3.97. The van der Waals surface area contributed by atoms with Gasteiger partial charge in [0.15, 0.2) is 0 Å². The van der Waals surface area contributed by atoms with E-state index in [1.807, 2.05) is 0 Å². The second-order valence-corrected chi connectivity index (χ2v) is 6.53. The molecule has 0 fully saturated rings. The van der Waals surface area contributed by atoms with Crippen molar-refractivity contribution in [2.75, 3.05) is 5.32 Å². The minimum atomic E-state index is -0.288. The Morgan fingerprint density at radius 1 is 1.50 bits per heavy atom. The van der Waals surface area contributed by atoms with E-state index in [1.165, 1.54) is 22.4 Å². The molecule has 5 nitrogen and oxygen atoms in total. The van der Waals surface area contributed by atoms with Crippen LogP contribution in [0.5, 0.6) is 0 Å². The number of rotatable bonds is 2. The summed E-state index contributed by atoms with van der Waals surface area (Å²) in [5.74, 6) is -0.288. The maximum absolute atomic E-state index is 12.2. The summed E-state index contributed by atoms with van der Waals surface area (Å²) in [4.78, 5) is 13.4. The number of nitriles is 1. The summed E-state index contributed by atoms with van der Waals surface area (Å²) in [7, 11) is 0. The number of anilines is 1. The van der Waals surface area contributed by atoms with Gasteiger partial charge in [-0.05, 0) is 47.2 Å². The molecule has 0 radical (unpaired) electrons. The molecule has 2 aromatic heterocycles. The van der Waals surface area contributed by atoms with Crippen LogP contribution < -0.4 is 5.32 Å². The van der Waals surface area contributed by atoms with Gasteiger partial charge >= 0.3 is 0 Å². The maximum Gasteiger partial charge on any atom is 0.275 e. The van der Waals surface area contributed by atoms with Crippen molar-refractivity contribution in [1.29, 1.82) is 5.26 Å². The van der Waals surface area contributed by atoms with Gasteiger partial charge in [-0.3, -0.25) is 9.89 Å². The molecule has 0 aromatic carbocycles. The average Bonchev–Trinajstić information content (AvgIpc) is 3.01. The number of aromatic nitrogens is 2. The van der Waals surface area contributed by atoms with E-state index in [0.29, 0.717) is 20.7 Å². The third-order valence-corrected chi connectivity index (χ3v) is 5.14. The molecule has 1 amide bonds. The zero-order valence-corrected chi connectivity index (χ0v) is 12.9. The fourth-order valence-electron chi connectivity index (χ4n) is 2.37. The Bertz CT molecular complexity index is 713. The first kappa shape index (κ1) is 13.3. The van der Waals surface area contributed by atoms with E-state index in [0.717, 1.165) is 31.2 Å². The van der Waals surface area contributed by atoms with Crippen LogP contribution in [0.3, 0.4) is 0 Å². The zero-order valence-electron chi connectivity index (χ0n) is 10.5. The Morgan fingerprint density at radius 3 is 3.00 bits per heavy atom. The number of nitrogens with one attached hydrogen (secondary N) is 2. The molecule has 0 unspecified atom stereocenters. The molecular formula is C13H11BrN4OS. The summed E-state index contributed by atoms with van der Waals surface area (Å²) < 4.78 is 0.606. The van der Waals surface area contributed by atoms with E-state index in [1.54, 1.807) is 0 Å². The number of carbonyl (C=O) groups excluding carboxylic acids is 1. The molecule has 1 aliphatic rings. The highest BCUT2D eigenvalue weighted by Crippen LogP contribution is 2.37. The van der Waals surface area contributed by atoms with E-state index in [-0.39, 0.29) is 5.91 Å². The highest BCUT2D eigenvalue weighted by Gasteiger charge is 2.23. The molecule has 7 heteroatoms. The second-order valence-electron chi connectivity index (χ2n) is 4.57. The van der Waals surface area contributed by atoms with Gasteiger partial charge in [-0.15, -0.1) is 11.3 Å². The third-order valence-electron chi connectivity index (χ3n) is 3.33. The molecule has 0 saturated carbocycles. The number of hydrogen-bond donors (Lipinski definition) is 2. The van der Waals surface area contributed by atoms with Crippen LogP contribution in [0, 0.1) is 11.3 Å². The molecule has 0 spiro atoms. The standard InChI is InChI=1S/C13H11BrN4OS/c14-9-6-16-18-11(9)12(19)17-13-8(5-15)7-3-1-2-4-10(7)20-13/h6H,1-4H2,(H,16,18)(H,17,19). The van der Waals surface area contributed by atoms with Gasteiger partial charge in [-0.1, -0.05) is 0 Å². The molecule has 0 bridgehead atoms. The molecule has 3 rings (SSSR count). The minimum absolute atomic E-state index is 0.288. The first-order valence-electron chi connectivity index (χ1n) is 6.25. The van der Waals surface area contributed by atoms with Gasteiger partial charge in [0.05, 0.1) is 16.2 Å². The molecule has 0 atom stereocenters. The van der Waals surface area contributed by atoms with Crippen molar-refractivity contribution in [2.45, 2.75) is 25.7 Å². The Labute approximate surface area is 128 Å². The van der Waals surface area contributed by atoms with E-state index in [9.17, 15) is 10.1 Å². The number of thiophene rings is 1. The Balaban J connectivity index is 1.92. The summed E-state index contributed by atoms with van der Waals surface area (Å²) >= 11 is 4.77. The van der Waals surface area contributed by atoms with E-state index in [2.05, 4.69) is 37.5 Å². The predicted molar refractivity (Wildman–Crippen MR) is 79.9 cm³/mol. The predicted octanol–water partition coefficient (Wildman–Crippen LogP) is 3.24. The lowest BCUT2D eigenvalue weighted by molar-refractivity contribution is 0.102. The lowest BCUT2D eigenvalue weighted by atomic mass is 9.96. The normalized spacial score (nSPS) is 13.6. The van der Waals surface area contributed by atoms with Crippen molar-refractivity contribution in [3.63, 3.8) is 0 Å². The van der Waals surface area contributed by atoms with Crippen molar-refractivity contribution in [1.82, 2.24) is 10.2 Å². The Morgan fingerprint density at radius 2 is 2.30 bits per heavy atom. The molecule has 2 aromatic rings. The SMILES string of the molecule is N#Cc1c(NC(=O)c2[nH]ncc2Br)sc2c1CCCC2. The van der Waals surface area contributed by atoms with E-state index < -0.39 is 0 Å². The van der Waals surface area contributed by atoms with Gasteiger partial charge in [0, 0.05) is 4.88 Å². The highest BCUT2D eigenvalue weighted by atomic mass is 79.9. The van der Waals surface area contributed by atoms with Crippen molar-refractivity contribution in [3.05, 3.63) is 32.4 Å². The van der Waals surface area contributed by atoms with Crippen LogP contribution in [-0.2, 0) is 12.8 Å². The number of aryl methyl sites for hydroxylation is 1. The summed E-state index contributed by atoms with van der Waals surface area (Å²) in [6, 6.07) is 2.23. The first-order chi connectivity index (χ1) is 9.70. The van der Waals surface area contributed by atoms with Crippen LogP contribution in [0.4, 0.5) is 5.00 Å². The molecule has 1 aliphatic carbocycles. The molecule has 2 heterocycles. The van der Waals surface area contributed by atoms with Crippen LogP contribution in [0.25, 0.3) is 0 Å². The lowest BCUT2D eigenvalue weighted by Gasteiger charge is -2.09. The van der Waals surface area contributed by atoms with Crippen molar-refractivity contribution in [2.24, 2.45) is 0 Å². The number of nitrogens with zero attached hydrogens (tertiary/aromatic N) is 2. The smallest absolute Gasteiger partial charge is 0.275 e. The third kappa shape index (κ3) is 2.25. The van der Waals surface area contributed by atoms with Crippen LogP contribution in [0.1, 0.15) is 39.3 Å². The van der Waals surface area contributed by atoms with Gasteiger partial charge in [0.25, 0.3) is 5.91 Å². The topological polar surface area (TPSA) is 81.6 Å². The second kappa shape index (κ2) is 5.38. The van der Waals surface area contributed by atoms with Crippen molar-refractivity contribution in [3.8, 4) is 6.07 Å². The Kier molecular flexibility index (Phi) is 3.59. The number of aromatic amines is 1. The quantitative estimate of drug-likeness (QED) is 0.872. The molecule has 102 valence electrons. The molecule has 20 heavy (non-hydrogen) atoms. The summed E-state index contributed by atoms with van der Waals surface area (Å²) in [6.45, 7) is 0. The number of hydrogen-bond acceptors (Lipinski definition) is 4. The number of halogens is 1. The van der Waals surface area contributed by atoms with E-state index >= 15 is 0 Å². The molecule has 0 saturated heterocycles. The number of H-pyrrole nitrogens is 1. The molecule has 2 N–H and O–H groups in total. The van der Waals surface area contributed by atoms with E-state index in [4.69, 9.17) is 0 Å². The monoisotopic (exact) mass is 350 g/mol. The maximum atomic E-state index is 12.2. The van der Waals surface area contributed by atoms with Gasteiger partial charge < -0.3 is 5.32 Å². The van der Waals surface area contributed by atoms with Gasteiger partial charge in [0.2, 0.25) is 0 Å². The van der Waals surface area contributed by atoms with Crippen LogP contribution >= 0.6 is 27.3 Å². The minimum Gasteiger partial charge on any atom is -0.311 e. The summed E-state index contributed by atoms with van der Waals surface area (Å²) in [5, 5.41) is 19.2. The average molecular weight is 351 g/mol. The highest BCUT2D eigenvalue weighted by molar-refractivity contribution is 9.10. The zero-order chi connectivity index (χ0) is 14.1. The van der Waals surface area contributed by atoms with Crippen molar-refractivity contribution < 1.29 is 4.79 Å². The number of carbonyl (C=O) groups is 1. The van der Waals surface area contributed by atoms with Crippen LogP contribution in [-0.4, -0.2) is 16.1 Å². The molecule has 0 aliphatic heterocycles. The summed E-state index contributed by atoms with van der Waals surface area (Å²) in [5.41, 5.74) is 2.09. The fraction of sp³-hybridized carbons (Fsp3) is 0.308. The molecular weight excluding hydrogens is 340 g/mol. The van der Waals surface area contributed by atoms with Crippen molar-refractivity contribution >= 4 is 38.2 Å². The van der Waals surface area contributed by atoms with Crippen LogP contribution in [0.2, 0.25) is 0 Å². The lowest BCUT2D eigenvalue weighted by Crippen LogP contribution is -2.13. The first-order valence-corrected chi connectivity index (χ1v) is 7.86. The number of fused-ring (bicyclic) bond motifs is 1. The van der Waals surface area contributed by atoms with Gasteiger partial charge in [0.1, 0.15) is 16.8 Å². The largest absolute Gasteiger partial charge is 0.311 e. The van der Waals surface area contributed by atoms with Crippen LogP contribution in [0.15, 0.2) is 10.7 Å². The van der Waals surface area contributed by atoms with Gasteiger partial charge in [-0.2, -0.15) is 10.4 Å². The Hall–Kier alpha value is -1.65. The van der Waals surface area contributed by atoms with Gasteiger partial charge in [-0.25, -0.2) is 0 Å².